The molecular formula is C21H16O2. The molecule has 0 aliphatic heterocycles. The van der Waals surface area contributed by atoms with Gasteiger partial charge in [-0.3, -0.25) is 0 Å². The number of hydrogen-bond acceptors (Lipinski definition) is 2. The molecule has 0 radical (unpaired) electrons. The molecule has 0 aromatic heterocycles. The zero-order valence-electron chi connectivity index (χ0n) is 12.7. The number of fused-ring (bicyclic) bond motifs is 3. The van der Waals surface area contributed by atoms with Gasteiger partial charge in [-0.25, -0.2) is 4.79 Å². The van der Waals surface area contributed by atoms with Gasteiger partial charge >= 0.3 is 5.97 Å². The first-order chi connectivity index (χ1) is 11.3. The molecule has 3 aromatic rings. The minimum absolute atomic E-state index is 0.283. The van der Waals surface area contributed by atoms with Crippen molar-refractivity contribution in [2.24, 2.45) is 0 Å². The summed E-state index contributed by atoms with van der Waals surface area (Å²) in [6.07, 6.45) is 0.950. The predicted molar refractivity (Wildman–Crippen MR) is 90.2 cm³/mol. The lowest BCUT2D eigenvalue weighted by molar-refractivity contribution is 0.0472. The van der Waals surface area contributed by atoms with Crippen LogP contribution in [0.1, 0.15) is 27.0 Å². The zero-order valence-corrected chi connectivity index (χ0v) is 12.7. The van der Waals surface area contributed by atoms with E-state index in [0.29, 0.717) is 12.2 Å². The molecule has 112 valence electrons. The highest BCUT2D eigenvalue weighted by molar-refractivity contribution is 5.89. The molecule has 0 saturated carbocycles. The summed E-state index contributed by atoms with van der Waals surface area (Å²) in [6.45, 7) is 0.303. The highest BCUT2D eigenvalue weighted by atomic mass is 16.5. The van der Waals surface area contributed by atoms with Gasteiger partial charge in [0.15, 0.2) is 0 Å². The van der Waals surface area contributed by atoms with E-state index in [1.54, 1.807) is 12.1 Å². The fourth-order valence-electron chi connectivity index (χ4n) is 3.09. The number of rotatable bonds is 3. The van der Waals surface area contributed by atoms with Crippen molar-refractivity contribution in [1.82, 2.24) is 0 Å². The van der Waals surface area contributed by atoms with Crippen molar-refractivity contribution >= 4 is 5.97 Å². The second-order valence-corrected chi connectivity index (χ2v) is 5.77. The normalized spacial score (nSPS) is 11.7. The molecule has 1 aliphatic carbocycles. The van der Waals surface area contributed by atoms with Crippen molar-refractivity contribution in [3.8, 4) is 11.1 Å². The maximum Gasteiger partial charge on any atom is 0.338 e. The van der Waals surface area contributed by atoms with Crippen LogP contribution in [0.25, 0.3) is 11.1 Å². The molecule has 0 spiro atoms. The first-order valence-electron chi connectivity index (χ1n) is 7.73. The van der Waals surface area contributed by atoms with E-state index >= 15 is 0 Å². The van der Waals surface area contributed by atoms with Crippen molar-refractivity contribution in [3.05, 3.63) is 95.1 Å². The number of carbonyl (C=O) groups is 1. The van der Waals surface area contributed by atoms with Crippen molar-refractivity contribution in [2.75, 3.05) is 0 Å². The Morgan fingerprint density at radius 2 is 1.57 bits per heavy atom. The molecule has 3 aromatic carbocycles. The fourth-order valence-corrected chi connectivity index (χ4v) is 3.09. The van der Waals surface area contributed by atoms with Crippen LogP contribution in [0.3, 0.4) is 0 Å². The molecule has 0 atom stereocenters. The van der Waals surface area contributed by atoms with Crippen LogP contribution in [0.5, 0.6) is 0 Å². The van der Waals surface area contributed by atoms with Crippen LogP contribution in [0.2, 0.25) is 0 Å². The van der Waals surface area contributed by atoms with Crippen LogP contribution >= 0.6 is 0 Å². The Balaban J connectivity index is 1.50. The molecule has 0 amide bonds. The van der Waals surface area contributed by atoms with Crippen LogP contribution in [-0.4, -0.2) is 5.97 Å². The van der Waals surface area contributed by atoms with E-state index in [9.17, 15) is 4.79 Å². The van der Waals surface area contributed by atoms with Gasteiger partial charge in [0, 0.05) is 0 Å². The molecule has 0 unspecified atom stereocenters. The molecule has 0 bridgehead atoms. The summed E-state index contributed by atoms with van der Waals surface area (Å²) in [5.74, 6) is -0.283. The largest absolute Gasteiger partial charge is 0.457 e. The highest BCUT2D eigenvalue weighted by Gasteiger charge is 2.18. The van der Waals surface area contributed by atoms with Crippen LogP contribution in [0, 0.1) is 0 Å². The summed E-state index contributed by atoms with van der Waals surface area (Å²) >= 11 is 0. The summed E-state index contributed by atoms with van der Waals surface area (Å²) in [5, 5.41) is 0. The fraction of sp³-hybridized carbons (Fsp3) is 0.0952. The number of esters is 1. The summed E-state index contributed by atoms with van der Waals surface area (Å²) in [7, 11) is 0. The van der Waals surface area contributed by atoms with Gasteiger partial charge in [-0.15, -0.1) is 0 Å². The van der Waals surface area contributed by atoms with Crippen LogP contribution in [0.15, 0.2) is 72.8 Å². The molecular weight excluding hydrogens is 284 g/mol. The lowest BCUT2D eigenvalue weighted by Gasteiger charge is -2.07. The maximum atomic E-state index is 12.0. The van der Waals surface area contributed by atoms with Gasteiger partial charge in [0.1, 0.15) is 6.61 Å². The van der Waals surface area contributed by atoms with E-state index < -0.39 is 0 Å². The Hall–Kier alpha value is -2.87. The zero-order chi connectivity index (χ0) is 15.6. The van der Waals surface area contributed by atoms with Gasteiger partial charge in [0.25, 0.3) is 0 Å². The number of benzene rings is 3. The van der Waals surface area contributed by atoms with E-state index in [-0.39, 0.29) is 5.97 Å². The minimum atomic E-state index is -0.283. The monoisotopic (exact) mass is 300 g/mol. The Morgan fingerprint density at radius 1 is 0.826 bits per heavy atom. The minimum Gasteiger partial charge on any atom is -0.457 e. The second-order valence-electron chi connectivity index (χ2n) is 5.77. The van der Waals surface area contributed by atoms with Crippen LogP contribution in [0.4, 0.5) is 0 Å². The molecule has 0 heterocycles. The quantitative estimate of drug-likeness (QED) is 0.516. The molecule has 2 heteroatoms. The Morgan fingerprint density at radius 3 is 2.43 bits per heavy atom. The number of hydrogen-bond donors (Lipinski definition) is 0. The molecule has 0 fully saturated rings. The smallest absolute Gasteiger partial charge is 0.338 e. The third-order valence-corrected chi connectivity index (χ3v) is 4.24. The molecule has 0 N–H and O–H groups in total. The standard InChI is InChI=1S/C21H16O2/c22-21(16-6-2-1-3-7-16)23-14-15-10-11-20-18(12-15)13-17-8-4-5-9-19(17)20/h1-12H,13-14H2. The van der Waals surface area contributed by atoms with Crippen molar-refractivity contribution < 1.29 is 9.53 Å². The molecule has 4 rings (SSSR count). The SMILES string of the molecule is O=C(OCc1ccc2c(c1)Cc1ccccc1-2)c1ccccc1. The summed E-state index contributed by atoms with van der Waals surface area (Å²) < 4.78 is 5.41. The van der Waals surface area contributed by atoms with Crippen LogP contribution in [-0.2, 0) is 17.8 Å². The molecule has 1 aliphatic rings. The van der Waals surface area contributed by atoms with Gasteiger partial charge < -0.3 is 4.74 Å². The average molecular weight is 300 g/mol. The third kappa shape index (κ3) is 2.64. The molecule has 2 nitrogen and oxygen atoms in total. The number of carbonyl (C=O) groups excluding carboxylic acids is 1. The Bertz CT molecular complexity index is 866. The second kappa shape index (κ2) is 5.73. The van der Waals surface area contributed by atoms with Crippen molar-refractivity contribution in [3.63, 3.8) is 0 Å². The van der Waals surface area contributed by atoms with Gasteiger partial charge in [-0.1, -0.05) is 60.7 Å². The molecule has 0 saturated heterocycles. The predicted octanol–water partition coefficient (Wildman–Crippen LogP) is 4.61. The topological polar surface area (TPSA) is 26.3 Å². The van der Waals surface area contributed by atoms with Gasteiger partial charge in [0.2, 0.25) is 0 Å². The lowest BCUT2D eigenvalue weighted by atomic mass is 10.0. The van der Waals surface area contributed by atoms with Gasteiger partial charge in [-0.05, 0) is 46.4 Å². The summed E-state index contributed by atoms with van der Waals surface area (Å²) in [4.78, 5) is 12.0. The van der Waals surface area contributed by atoms with E-state index in [1.807, 2.05) is 24.3 Å². The van der Waals surface area contributed by atoms with Crippen molar-refractivity contribution in [1.29, 1.82) is 0 Å². The van der Waals surface area contributed by atoms with Crippen LogP contribution < -0.4 is 0 Å². The summed E-state index contributed by atoms with van der Waals surface area (Å²) in [5.41, 5.74) is 6.89. The average Bonchev–Trinajstić information content (AvgIpc) is 2.98. The first kappa shape index (κ1) is 13.8. The highest BCUT2D eigenvalue weighted by Crippen LogP contribution is 2.36. The van der Waals surface area contributed by atoms with Crippen molar-refractivity contribution in [2.45, 2.75) is 13.0 Å². The Kier molecular flexibility index (Phi) is 3.43. The summed E-state index contributed by atoms with van der Waals surface area (Å²) in [6, 6.07) is 23.9. The van der Waals surface area contributed by atoms with E-state index in [1.165, 1.54) is 22.3 Å². The third-order valence-electron chi connectivity index (χ3n) is 4.24. The van der Waals surface area contributed by atoms with E-state index in [0.717, 1.165) is 12.0 Å². The maximum absolute atomic E-state index is 12.0. The van der Waals surface area contributed by atoms with E-state index in [4.69, 9.17) is 4.74 Å². The van der Waals surface area contributed by atoms with E-state index in [2.05, 4.69) is 36.4 Å². The number of ether oxygens (including phenoxy) is 1. The first-order valence-corrected chi connectivity index (χ1v) is 7.73. The van der Waals surface area contributed by atoms with Gasteiger partial charge in [-0.2, -0.15) is 0 Å². The Labute approximate surface area is 135 Å². The molecule has 23 heavy (non-hydrogen) atoms. The van der Waals surface area contributed by atoms with Gasteiger partial charge in [0.05, 0.1) is 5.56 Å². The lowest BCUT2D eigenvalue weighted by Crippen LogP contribution is -2.05.